The van der Waals surface area contributed by atoms with Gasteiger partial charge >= 0.3 is 0 Å². The van der Waals surface area contributed by atoms with Gasteiger partial charge in [0.1, 0.15) is 0 Å². The molecule has 0 aliphatic rings. The number of rotatable bonds is 6. The Morgan fingerprint density at radius 3 is 2.78 bits per heavy atom. The predicted molar refractivity (Wildman–Crippen MR) is 83.0 cm³/mol. The van der Waals surface area contributed by atoms with E-state index in [-0.39, 0.29) is 0 Å². The molecular weight excluding hydrogens is 288 g/mol. The summed E-state index contributed by atoms with van der Waals surface area (Å²) < 4.78 is 1.10. The number of nitrogens with zero attached hydrogens (tertiary/aromatic N) is 1. The third-order valence-electron chi connectivity index (χ3n) is 3.01. The Morgan fingerprint density at radius 2 is 2.22 bits per heavy atom. The van der Waals surface area contributed by atoms with Crippen LogP contribution in [-0.4, -0.2) is 20.1 Å². The Balaban J connectivity index is 3.15. The zero-order valence-corrected chi connectivity index (χ0v) is 12.9. The van der Waals surface area contributed by atoms with Gasteiger partial charge in [0.2, 0.25) is 0 Å². The first-order valence-corrected chi connectivity index (χ1v) is 7.08. The Bertz CT molecular complexity index is 423. The molecule has 1 atom stereocenters. The molecule has 0 saturated carbocycles. The standard InChI is InChI=1S/C15H21BrN2/c1-5-9-18(10-6-2)15-8-7-13(16)11-14(15)12(3)17-4/h1,7-8,11-12,17H,6,9-10H2,2-4H3. The Labute approximate surface area is 119 Å². The van der Waals surface area contributed by atoms with Gasteiger partial charge in [-0.1, -0.05) is 28.8 Å². The zero-order chi connectivity index (χ0) is 13.5. The van der Waals surface area contributed by atoms with Crippen LogP contribution >= 0.6 is 15.9 Å². The molecule has 3 heteroatoms. The lowest BCUT2D eigenvalue weighted by atomic mass is 10.0. The van der Waals surface area contributed by atoms with Crippen molar-refractivity contribution in [1.29, 1.82) is 0 Å². The predicted octanol–water partition coefficient (Wildman–Crippen LogP) is 3.58. The molecule has 0 saturated heterocycles. The first-order valence-electron chi connectivity index (χ1n) is 6.29. The van der Waals surface area contributed by atoms with E-state index in [0.29, 0.717) is 12.6 Å². The minimum Gasteiger partial charge on any atom is -0.360 e. The smallest absolute Gasteiger partial charge is 0.0791 e. The van der Waals surface area contributed by atoms with Crippen molar-refractivity contribution >= 4 is 21.6 Å². The summed E-state index contributed by atoms with van der Waals surface area (Å²) in [5.74, 6) is 2.74. The van der Waals surface area contributed by atoms with Crippen molar-refractivity contribution in [3.05, 3.63) is 28.2 Å². The van der Waals surface area contributed by atoms with E-state index in [0.717, 1.165) is 17.4 Å². The summed E-state index contributed by atoms with van der Waals surface area (Å²) >= 11 is 3.53. The van der Waals surface area contributed by atoms with E-state index >= 15 is 0 Å². The van der Waals surface area contributed by atoms with E-state index in [2.05, 4.69) is 64.1 Å². The molecule has 0 aromatic heterocycles. The van der Waals surface area contributed by atoms with Crippen LogP contribution in [0.25, 0.3) is 0 Å². The molecule has 0 radical (unpaired) electrons. The molecule has 2 nitrogen and oxygen atoms in total. The Morgan fingerprint density at radius 1 is 1.50 bits per heavy atom. The summed E-state index contributed by atoms with van der Waals surface area (Å²) in [6.07, 6.45) is 6.56. The lowest BCUT2D eigenvalue weighted by Gasteiger charge is -2.27. The van der Waals surface area contributed by atoms with Gasteiger partial charge in [0.25, 0.3) is 0 Å². The molecular formula is C15H21BrN2. The number of terminal acetylenes is 1. The molecule has 0 bridgehead atoms. The van der Waals surface area contributed by atoms with Gasteiger partial charge in [-0.15, -0.1) is 6.42 Å². The van der Waals surface area contributed by atoms with E-state index in [1.807, 2.05) is 7.05 Å². The molecule has 1 aromatic carbocycles. The Hall–Kier alpha value is -0.980. The highest BCUT2D eigenvalue weighted by Gasteiger charge is 2.14. The zero-order valence-electron chi connectivity index (χ0n) is 11.3. The molecule has 0 amide bonds. The monoisotopic (exact) mass is 308 g/mol. The second kappa shape index (κ2) is 7.45. The van der Waals surface area contributed by atoms with Crippen LogP contribution in [0.4, 0.5) is 5.69 Å². The van der Waals surface area contributed by atoms with Crippen molar-refractivity contribution in [1.82, 2.24) is 5.32 Å². The molecule has 98 valence electrons. The van der Waals surface area contributed by atoms with Gasteiger partial charge in [-0.25, -0.2) is 0 Å². The summed E-state index contributed by atoms with van der Waals surface area (Å²) in [5, 5.41) is 3.29. The van der Waals surface area contributed by atoms with E-state index in [1.54, 1.807) is 0 Å². The van der Waals surface area contributed by atoms with Crippen molar-refractivity contribution in [2.75, 3.05) is 25.0 Å². The summed E-state index contributed by atoms with van der Waals surface area (Å²) in [5.41, 5.74) is 2.50. The minimum atomic E-state index is 0.301. The number of hydrogen-bond donors (Lipinski definition) is 1. The van der Waals surface area contributed by atoms with Crippen LogP contribution in [0.15, 0.2) is 22.7 Å². The highest BCUT2D eigenvalue weighted by atomic mass is 79.9. The lowest BCUT2D eigenvalue weighted by molar-refractivity contribution is 0.647. The molecule has 1 N–H and O–H groups in total. The first kappa shape index (κ1) is 15.1. The maximum atomic E-state index is 5.47. The summed E-state index contributed by atoms with van der Waals surface area (Å²) in [6.45, 7) is 5.96. The minimum absolute atomic E-state index is 0.301. The fourth-order valence-corrected chi connectivity index (χ4v) is 2.36. The number of benzene rings is 1. The molecule has 0 spiro atoms. The summed E-state index contributed by atoms with van der Waals surface area (Å²) in [7, 11) is 1.97. The first-order chi connectivity index (χ1) is 8.63. The average Bonchev–Trinajstić information content (AvgIpc) is 2.37. The maximum Gasteiger partial charge on any atom is 0.0791 e. The highest BCUT2D eigenvalue weighted by Crippen LogP contribution is 2.29. The topological polar surface area (TPSA) is 15.3 Å². The van der Waals surface area contributed by atoms with Gasteiger partial charge in [0.05, 0.1) is 6.54 Å². The number of halogens is 1. The third-order valence-corrected chi connectivity index (χ3v) is 3.50. The summed E-state index contributed by atoms with van der Waals surface area (Å²) in [6, 6.07) is 6.67. The molecule has 0 heterocycles. The van der Waals surface area contributed by atoms with Crippen molar-refractivity contribution in [2.45, 2.75) is 26.3 Å². The number of anilines is 1. The molecule has 18 heavy (non-hydrogen) atoms. The fourth-order valence-electron chi connectivity index (χ4n) is 1.98. The van der Waals surface area contributed by atoms with Gasteiger partial charge in [0, 0.05) is 22.7 Å². The van der Waals surface area contributed by atoms with Crippen LogP contribution in [0, 0.1) is 12.3 Å². The van der Waals surface area contributed by atoms with Crippen LogP contribution in [0.1, 0.15) is 31.9 Å². The van der Waals surface area contributed by atoms with Crippen LogP contribution in [0.2, 0.25) is 0 Å². The van der Waals surface area contributed by atoms with Gasteiger partial charge in [-0.05, 0) is 44.2 Å². The number of nitrogens with one attached hydrogen (secondary N) is 1. The largest absolute Gasteiger partial charge is 0.360 e. The number of hydrogen-bond acceptors (Lipinski definition) is 2. The lowest BCUT2D eigenvalue weighted by Crippen LogP contribution is -2.27. The van der Waals surface area contributed by atoms with Crippen LogP contribution in [0.3, 0.4) is 0 Å². The van der Waals surface area contributed by atoms with Gasteiger partial charge < -0.3 is 10.2 Å². The van der Waals surface area contributed by atoms with Crippen LogP contribution in [0.5, 0.6) is 0 Å². The molecule has 1 unspecified atom stereocenters. The fraction of sp³-hybridized carbons (Fsp3) is 0.467. The average molecular weight is 309 g/mol. The van der Waals surface area contributed by atoms with Crippen molar-refractivity contribution in [3.63, 3.8) is 0 Å². The highest BCUT2D eigenvalue weighted by molar-refractivity contribution is 9.10. The SMILES string of the molecule is C#CCN(CCC)c1ccc(Br)cc1C(C)NC. The Kier molecular flexibility index (Phi) is 6.24. The third kappa shape index (κ3) is 3.76. The van der Waals surface area contributed by atoms with Crippen molar-refractivity contribution in [2.24, 2.45) is 0 Å². The van der Waals surface area contributed by atoms with E-state index < -0.39 is 0 Å². The molecule has 0 fully saturated rings. The quantitative estimate of drug-likeness (QED) is 0.808. The second-order valence-electron chi connectivity index (χ2n) is 4.34. The van der Waals surface area contributed by atoms with Gasteiger partial charge in [0.15, 0.2) is 0 Å². The van der Waals surface area contributed by atoms with Gasteiger partial charge in [-0.2, -0.15) is 0 Å². The van der Waals surface area contributed by atoms with Crippen LogP contribution in [-0.2, 0) is 0 Å². The molecule has 1 aromatic rings. The molecule has 1 rings (SSSR count). The normalized spacial score (nSPS) is 11.9. The van der Waals surface area contributed by atoms with Gasteiger partial charge in [-0.3, -0.25) is 0 Å². The second-order valence-corrected chi connectivity index (χ2v) is 5.25. The van der Waals surface area contributed by atoms with Crippen LogP contribution < -0.4 is 10.2 Å². The molecule has 0 aliphatic heterocycles. The summed E-state index contributed by atoms with van der Waals surface area (Å²) in [4.78, 5) is 2.26. The van der Waals surface area contributed by atoms with E-state index in [1.165, 1.54) is 11.3 Å². The van der Waals surface area contributed by atoms with Crippen molar-refractivity contribution < 1.29 is 0 Å². The maximum absolute atomic E-state index is 5.47. The molecule has 0 aliphatic carbocycles. The van der Waals surface area contributed by atoms with E-state index in [9.17, 15) is 0 Å². The van der Waals surface area contributed by atoms with E-state index in [4.69, 9.17) is 6.42 Å². The van der Waals surface area contributed by atoms with Crippen molar-refractivity contribution in [3.8, 4) is 12.3 Å².